The standard InChI is InChI=1S/C33H30N4O3S/c1-3-7-21-12-13-23(20(2)18-21)24-14-15-29(35-30(24)32(39)40)37-17-16-22-8-6-9-25(26(22)19-37)31(38)36-33-34-27-10-4-5-11-28(27)41-33/h4-6,8-15,18H,3,7,16-17,19H2,1-2H3,(H,39,40)(H,34,36,38). The van der Waals surface area contributed by atoms with E-state index >= 15 is 0 Å². The van der Waals surface area contributed by atoms with E-state index in [-0.39, 0.29) is 11.6 Å². The van der Waals surface area contributed by atoms with Crippen LogP contribution >= 0.6 is 11.3 Å². The van der Waals surface area contributed by atoms with Crippen LogP contribution in [0.3, 0.4) is 0 Å². The summed E-state index contributed by atoms with van der Waals surface area (Å²) < 4.78 is 1.01. The lowest BCUT2D eigenvalue weighted by Crippen LogP contribution is -2.33. The SMILES string of the molecule is CCCc1ccc(-c2ccc(N3CCc4cccc(C(=O)Nc5nc6ccccc6s5)c4C3)nc2C(=O)O)c(C)c1. The van der Waals surface area contributed by atoms with Crippen molar-refractivity contribution in [3.8, 4) is 11.1 Å². The van der Waals surface area contributed by atoms with Crippen molar-refractivity contribution in [2.75, 3.05) is 16.8 Å². The van der Waals surface area contributed by atoms with Crippen LogP contribution in [-0.4, -0.2) is 33.5 Å². The van der Waals surface area contributed by atoms with Gasteiger partial charge in [0.1, 0.15) is 5.82 Å². The first-order chi connectivity index (χ1) is 19.9. The number of anilines is 2. The predicted octanol–water partition coefficient (Wildman–Crippen LogP) is 7.13. The summed E-state index contributed by atoms with van der Waals surface area (Å²) >= 11 is 1.44. The second kappa shape index (κ2) is 11.1. The van der Waals surface area contributed by atoms with Gasteiger partial charge in [-0.15, -0.1) is 0 Å². The molecular formula is C33H30N4O3S. The van der Waals surface area contributed by atoms with Crippen LogP contribution in [0.5, 0.6) is 0 Å². The highest BCUT2D eigenvalue weighted by atomic mass is 32.1. The molecule has 0 saturated heterocycles. The van der Waals surface area contributed by atoms with Gasteiger partial charge in [0.25, 0.3) is 5.91 Å². The van der Waals surface area contributed by atoms with Crippen molar-refractivity contribution in [1.82, 2.24) is 9.97 Å². The molecule has 0 bridgehead atoms. The van der Waals surface area contributed by atoms with Gasteiger partial charge in [-0.1, -0.05) is 67.1 Å². The molecule has 8 heteroatoms. The third-order valence-corrected chi connectivity index (χ3v) is 8.51. The number of carboxylic acids is 1. The molecule has 5 aromatic rings. The van der Waals surface area contributed by atoms with Crippen LogP contribution in [0, 0.1) is 6.92 Å². The van der Waals surface area contributed by atoms with Crippen molar-refractivity contribution in [2.24, 2.45) is 0 Å². The fraction of sp³-hybridized carbons (Fsp3) is 0.212. The Morgan fingerprint density at radius 3 is 2.61 bits per heavy atom. The lowest BCUT2D eigenvalue weighted by Gasteiger charge is -2.31. The number of nitrogens with one attached hydrogen (secondary N) is 1. The van der Waals surface area contributed by atoms with Gasteiger partial charge in [0.05, 0.1) is 10.2 Å². The van der Waals surface area contributed by atoms with Crippen molar-refractivity contribution >= 4 is 44.4 Å². The van der Waals surface area contributed by atoms with E-state index in [4.69, 9.17) is 0 Å². The molecule has 0 fully saturated rings. The minimum atomic E-state index is -1.06. The summed E-state index contributed by atoms with van der Waals surface area (Å²) in [6.45, 7) is 5.28. The minimum absolute atomic E-state index is 0.0292. The van der Waals surface area contributed by atoms with E-state index in [0.717, 1.165) is 51.7 Å². The molecular weight excluding hydrogens is 532 g/mol. The molecule has 7 nitrogen and oxygen atoms in total. The van der Waals surface area contributed by atoms with E-state index in [2.05, 4.69) is 34.3 Å². The Kier molecular flexibility index (Phi) is 7.24. The molecule has 0 spiro atoms. The average molecular weight is 563 g/mol. The Hall–Kier alpha value is -4.56. The first kappa shape index (κ1) is 26.7. The number of aryl methyl sites for hydroxylation is 2. The number of carbonyl (C=O) groups excluding carboxylic acids is 1. The average Bonchev–Trinajstić information content (AvgIpc) is 3.39. The first-order valence-electron chi connectivity index (χ1n) is 13.8. The Balaban J connectivity index is 1.28. The van der Waals surface area contributed by atoms with Crippen molar-refractivity contribution in [2.45, 2.75) is 39.7 Å². The monoisotopic (exact) mass is 562 g/mol. The normalized spacial score (nSPS) is 12.8. The minimum Gasteiger partial charge on any atom is -0.476 e. The van der Waals surface area contributed by atoms with Crippen LogP contribution in [0.4, 0.5) is 10.9 Å². The fourth-order valence-corrected chi connectivity index (χ4v) is 6.42. The Bertz CT molecular complexity index is 1760. The van der Waals surface area contributed by atoms with Crippen LogP contribution < -0.4 is 10.2 Å². The third kappa shape index (κ3) is 5.30. The zero-order chi connectivity index (χ0) is 28.5. The number of carbonyl (C=O) groups is 2. The number of benzene rings is 3. The largest absolute Gasteiger partial charge is 0.476 e. The van der Waals surface area contributed by atoms with Crippen LogP contribution in [0.2, 0.25) is 0 Å². The van der Waals surface area contributed by atoms with Gasteiger partial charge in [-0.05, 0) is 77.9 Å². The molecule has 3 aromatic carbocycles. The maximum atomic E-state index is 13.4. The fourth-order valence-electron chi connectivity index (χ4n) is 5.56. The summed E-state index contributed by atoms with van der Waals surface area (Å²) in [6, 6.07) is 23.5. The maximum Gasteiger partial charge on any atom is 0.355 e. The molecule has 0 aliphatic carbocycles. The van der Waals surface area contributed by atoms with E-state index < -0.39 is 5.97 Å². The molecule has 1 aliphatic rings. The number of carboxylic acid groups (broad SMARTS) is 1. The van der Waals surface area contributed by atoms with Gasteiger partial charge in [0, 0.05) is 24.2 Å². The molecule has 2 N–H and O–H groups in total. The van der Waals surface area contributed by atoms with Crippen LogP contribution in [0.15, 0.2) is 72.8 Å². The van der Waals surface area contributed by atoms with Crippen molar-refractivity contribution < 1.29 is 14.7 Å². The van der Waals surface area contributed by atoms with Gasteiger partial charge >= 0.3 is 5.97 Å². The maximum absolute atomic E-state index is 13.4. The number of rotatable bonds is 7. The zero-order valence-corrected chi connectivity index (χ0v) is 23.8. The second-order valence-electron chi connectivity index (χ2n) is 10.3. The Morgan fingerprint density at radius 1 is 1.00 bits per heavy atom. The zero-order valence-electron chi connectivity index (χ0n) is 23.0. The van der Waals surface area contributed by atoms with E-state index in [0.29, 0.717) is 35.2 Å². The molecule has 1 amide bonds. The number of hydrogen-bond donors (Lipinski definition) is 2. The summed E-state index contributed by atoms with van der Waals surface area (Å²) in [4.78, 5) is 37.0. The molecule has 1 aliphatic heterocycles. The van der Waals surface area contributed by atoms with Gasteiger partial charge in [0.2, 0.25) is 0 Å². The number of hydrogen-bond acceptors (Lipinski definition) is 6. The number of para-hydroxylation sites is 1. The smallest absolute Gasteiger partial charge is 0.355 e. The van der Waals surface area contributed by atoms with Gasteiger partial charge in [-0.3, -0.25) is 10.1 Å². The van der Waals surface area contributed by atoms with E-state index in [1.54, 1.807) is 0 Å². The molecule has 0 radical (unpaired) electrons. The van der Waals surface area contributed by atoms with Crippen LogP contribution in [-0.2, 0) is 19.4 Å². The molecule has 206 valence electrons. The number of pyridine rings is 1. The molecule has 0 atom stereocenters. The predicted molar refractivity (Wildman–Crippen MR) is 164 cm³/mol. The van der Waals surface area contributed by atoms with E-state index in [1.165, 1.54) is 16.9 Å². The van der Waals surface area contributed by atoms with Crippen molar-refractivity contribution in [3.63, 3.8) is 0 Å². The lowest BCUT2D eigenvalue weighted by molar-refractivity contribution is 0.0691. The quantitative estimate of drug-likeness (QED) is 0.219. The number of nitrogens with zero attached hydrogens (tertiary/aromatic N) is 3. The van der Waals surface area contributed by atoms with Gasteiger partial charge in [-0.25, -0.2) is 14.8 Å². The number of aromatic carboxylic acids is 1. The van der Waals surface area contributed by atoms with Gasteiger partial charge in [-0.2, -0.15) is 0 Å². The number of aromatic nitrogens is 2. The van der Waals surface area contributed by atoms with Gasteiger partial charge < -0.3 is 10.0 Å². The lowest BCUT2D eigenvalue weighted by atomic mass is 9.94. The van der Waals surface area contributed by atoms with Crippen LogP contribution in [0.25, 0.3) is 21.3 Å². The third-order valence-electron chi connectivity index (χ3n) is 7.56. The summed E-state index contributed by atoms with van der Waals surface area (Å²) in [5.41, 5.74) is 7.25. The summed E-state index contributed by atoms with van der Waals surface area (Å²) in [6.07, 6.45) is 2.77. The molecule has 0 saturated carbocycles. The summed E-state index contributed by atoms with van der Waals surface area (Å²) in [5, 5.41) is 13.6. The number of fused-ring (bicyclic) bond motifs is 2. The Morgan fingerprint density at radius 2 is 1.83 bits per heavy atom. The molecule has 2 aromatic heterocycles. The molecule has 3 heterocycles. The molecule has 0 unspecified atom stereocenters. The molecule has 41 heavy (non-hydrogen) atoms. The summed E-state index contributed by atoms with van der Waals surface area (Å²) in [5.74, 6) is -0.690. The highest BCUT2D eigenvalue weighted by Gasteiger charge is 2.25. The van der Waals surface area contributed by atoms with E-state index in [1.807, 2.05) is 72.5 Å². The Labute approximate surface area is 242 Å². The topological polar surface area (TPSA) is 95.4 Å². The first-order valence-corrected chi connectivity index (χ1v) is 14.6. The second-order valence-corrected chi connectivity index (χ2v) is 11.4. The highest BCUT2D eigenvalue weighted by Crippen LogP contribution is 2.32. The number of amides is 1. The van der Waals surface area contributed by atoms with E-state index in [9.17, 15) is 14.7 Å². The van der Waals surface area contributed by atoms with Crippen molar-refractivity contribution in [3.05, 3.63) is 106 Å². The van der Waals surface area contributed by atoms with Crippen LogP contribution in [0.1, 0.15) is 56.4 Å². The number of thiazole rings is 1. The van der Waals surface area contributed by atoms with Gasteiger partial charge in [0.15, 0.2) is 10.8 Å². The molecule has 6 rings (SSSR count). The summed E-state index contributed by atoms with van der Waals surface area (Å²) in [7, 11) is 0. The highest BCUT2D eigenvalue weighted by molar-refractivity contribution is 7.22. The van der Waals surface area contributed by atoms with Crippen molar-refractivity contribution in [1.29, 1.82) is 0 Å².